The second kappa shape index (κ2) is 3.10. The SMILES string of the molecule is Clc1ccc(C2CC2Cl)cc1Cl. The van der Waals surface area contributed by atoms with Gasteiger partial charge in [0.2, 0.25) is 0 Å². The minimum atomic E-state index is 0.294. The van der Waals surface area contributed by atoms with Gasteiger partial charge in [-0.2, -0.15) is 0 Å². The van der Waals surface area contributed by atoms with Gasteiger partial charge < -0.3 is 0 Å². The minimum absolute atomic E-state index is 0.294. The Morgan fingerprint density at radius 2 is 1.83 bits per heavy atom. The predicted octanol–water partition coefficient (Wildman–Crippen LogP) is 4.09. The number of halogens is 3. The van der Waals surface area contributed by atoms with Crippen LogP contribution in [-0.2, 0) is 0 Å². The normalized spacial score (nSPS) is 27.2. The molecule has 1 aromatic carbocycles. The summed E-state index contributed by atoms with van der Waals surface area (Å²) in [5.74, 6) is 0.487. The lowest BCUT2D eigenvalue weighted by atomic mass is 10.1. The maximum absolute atomic E-state index is 5.90. The monoisotopic (exact) mass is 220 g/mol. The summed E-state index contributed by atoms with van der Waals surface area (Å²) in [7, 11) is 0. The lowest BCUT2D eigenvalue weighted by Gasteiger charge is -1.99. The van der Waals surface area contributed by atoms with Crippen LogP contribution in [-0.4, -0.2) is 5.38 Å². The highest BCUT2D eigenvalue weighted by atomic mass is 35.5. The van der Waals surface area contributed by atoms with Crippen LogP contribution in [0.3, 0.4) is 0 Å². The van der Waals surface area contributed by atoms with E-state index in [0.29, 0.717) is 21.3 Å². The topological polar surface area (TPSA) is 0 Å². The molecule has 12 heavy (non-hydrogen) atoms. The van der Waals surface area contributed by atoms with Gasteiger partial charge in [0.05, 0.1) is 10.0 Å². The Bertz CT molecular complexity index is 309. The van der Waals surface area contributed by atoms with Crippen molar-refractivity contribution in [3.63, 3.8) is 0 Å². The predicted molar refractivity (Wildman–Crippen MR) is 53.5 cm³/mol. The quantitative estimate of drug-likeness (QED) is 0.627. The van der Waals surface area contributed by atoms with Gasteiger partial charge in [-0.3, -0.25) is 0 Å². The van der Waals surface area contributed by atoms with Crippen molar-refractivity contribution in [3.8, 4) is 0 Å². The standard InChI is InChI=1S/C9H7Cl3/c10-7-2-1-5(3-9(7)12)6-4-8(6)11/h1-3,6,8H,4H2. The second-order valence-electron chi connectivity index (χ2n) is 3.03. The van der Waals surface area contributed by atoms with Crippen LogP contribution in [0.5, 0.6) is 0 Å². The van der Waals surface area contributed by atoms with Gasteiger partial charge in [0.25, 0.3) is 0 Å². The fraction of sp³-hybridized carbons (Fsp3) is 0.333. The lowest BCUT2D eigenvalue weighted by molar-refractivity contribution is 1.13. The Hall–Kier alpha value is 0.0900. The van der Waals surface area contributed by atoms with Crippen molar-refractivity contribution in [1.29, 1.82) is 0 Å². The minimum Gasteiger partial charge on any atom is -0.122 e. The first kappa shape index (κ1) is 8.68. The molecule has 0 saturated heterocycles. The molecule has 0 radical (unpaired) electrons. The fourth-order valence-corrected chi connectivity index (χ4v) is 1.90. The summed E-state index contributed by atoms with van der Waals surface area (Å²) in [4.78, 5) is 0. The maximum atomic E-state index is 5.90. The summed E-state index contributed by atoms with van der Waals surface area (Å²) in [6.07, 6.45) is 1.06. The molecule has 1 fully saturated rings. The van der Waals surface area contributed by atoms with Gasteiger partial charge in [0.1, 0.15) is 0 Å². The zero-order chi connectivity index (χ0) is 8.72. The van der Waals surface area contributed by atoms with Crippen molar-refractivity contribution in [2.45, 2.75) is 17.7 Å². The van der Waals surface area contributed by atoms with Crippen molar-refractivity contribution in [3.05, 3.63) is 33.8 Å². The van der Waals surface area contributed by atoms with Crippen LogP contribution in [0.25, 0.3) is 0 Å². The van der Waals surface area contributed by atoms with Crippen LogP contribution in [0.4, 0.5) is 0 Å². The molecule has 0 nitrogen and oxygen atoms in total. The van der Waals surface area contributed by atoms with E-state index in [0.717, 1.165) is 6.42 Å². The van der Waals surface area contributed by atoms with E-state index in [1.807, 2.05) is 18.2 Å². The highest BCUT2D eigenvalue weighted by Gasteiger charge is 2.36. The second-order valence-corrected chi connectivity index (χ2v) is 4.41. The van der Waals surface area contributed by atoms with E-state index in [2.05, 4.69) is 0 Å². The molecule has 0 bridgehead atoms. The lowest BCUT2D eigenvalue weighted by Crippen LogP contribution is -1.81. The van der Waals surface area contributed by atoms with Gasteiger partial charge in [0, 0.05) is 11.3 Å². The largest absolute Gasteiger partial charge is 0.122 e. The molecule has 1 saturated carbocycles. The Morgan fingerprint density at radius 1 is 1.17 bits per heavy atom. The molecule has 2 unspecified atom stereocenters. The molecule has 0 aliphatic heterocycles. The first-order chi connectivity index (χ1) is 5.68. The number of hydrogen-bond donors (Lipinski definition) is 0. The molecular weight excluding hydrogens is 214 g/mol. The van der Waals surface area contributed by atoms with Gasteiger partial charge in [0.15, 0.2) is 0 Å². The van der Waals surface area contributed by atoms with E-state index >= 15 is 0 Å². The van der Waals surface area contributed by atoms with Crippen LogP contribution >= 0.6 is 34.8 Å². The molecule has 1 aliphatic rings. The van der Waals surface area contributed by atoms with E-state index in [4.69, 9.17) is 34.8 Å². The molecule has 3 heteroatoms. The van der Waals surface area contributed by atoms with Gasteiger partial charge in [-0.15, -0.1) is 11.6 Å². The third-order valence-corrected chi connectivity index (χ3v) is 3.31. The summed E-state index contributed by atoms with van der Waals surface area (Å²) in [6.45, 7) is 0. The summed E-state index contributed by atoms with van der Waals surface area (Å²) < 4.78 is 0. The number of hydrogen-bond acceptors (Lipinski definition) is 0. The summed E-state index contributed by atoms with van der Waals surface area (Å²) in [6, 6.07) is 5.71. The third kappa shape index (κ3) is 1.56. The maximum Gasteiger partial charge on any atom is 0.0595 e. The van der Waals surface area contributed by atoms with Gasteiger partial charge in [-0.05, 0) is 24.1 Å². The van der Waals surface area contributed by atoms with Crippen LogP contribution in [0.1, 0.15) is 17.9 Å². The highest BCUT2D eigenvalue weighted by Crippen LogP contribution is 2.46. The molecule has 0 amide bonds. The first-order valence-corrected chi connectivity index (χ1v) is 4.97. The number of rotatable bonds is 1. The molecule has 2 rings (SSSR count). The van der Waals surface area contributed by atoms with Gasteiger partial charge in [-0.25, -0.2) is 0 Å². The van der Waals surface area contributed by atoms with E-state index in [1.165, 1.54) is 5.56 Å². The molecule has 64 valence electrons. The van der Waals surface area contributed by atoms with Crippen molar-refractivity contribution in [1.82, 2.24) is 0 Å². The van der Waals surface area contributed by atoms with Gasteiger partial charge >= 0.3 is 0 Å². The summed E-state index contributed by atoms with van der Waals surface area (Å²) >= 11 is 17.5. The number of alkyl halides is 1. The van der Waals surface area contributed by atoms with E-state index in [1.54, 1.807) is 0 Å². The van der Waals surface area contributed by atoms with Crippen LogP contribution in [0.15, 0.2) is 18.2 Å². The van der Waals surface area contributed by atoms with Gasteiger partial charge in [-0.1, -0.05) is 29.3 Å². The first-order valence-electron chi connectivity index (χ1n) is 3.77. The highest BCUT2D eigenvalue weighted by molar-refractivity contribution is 6.42. The molecule has 0 N–H and O–H groups in total. The smallest absolute Gasteiger partial charge is 0.0595 e. The van der Waals surface area contributed by atoms with Crippen LogP contribution in [0, 0.1) is 0 Å². The van der Waals surface area contributed by atoms with Crippen molar-refractivity contribution >= 4 is 34.8 Å². The molecule has 0 aromatic heterocycles. The average molecular weight is 222 g/mol. The summed E-state index contributed by atoms with van der Waals surface area (Å²) in [5, 5.41) is 1.51. The molecule has 0 heterocycles. The van der Waals surface area contributed by atoms with E-state index in [9.17, 15) is 0 Å². The van der Waals surface area contributed by atoms with Crippen molar-refractivity contribution in [2.24, 2.45) is 0 Å². The molecule has 1 aliphatic carbocycles. The summed E-state index contributed by atoms with van der Waals surface area (Å²) in [5.41, 5.74) is 1.20. The van der Waals surface area contributed by atoms with Crippen LogP contribution < -0.4 is 0 Å². The Balaban J connectivity index is 2.29. The van der Waals surface area contributed by atoms with Crippen molar-refractivity contribution < 1.29 is 0 Å². The molecule has 1 aromatic rings. The zero-order valence-electron chi connectivity index (χ0n) is 6.23. The van der Waals surface area contributed by atoms with Crippen molar-refractivity contribution in [2.75, 3.05) is 0 Å². The Morgan fingerprint density at radius 3 is 2.33 bits per heavy atom. The number of benzene rings is 1. The van der Waals surface area contributed by atoms with E-state index < -0.39 is 0 Å². The zero-order valence-corrected chi connectivity index (χ0v) is 8.50. The Kier molecular flexibility index (Phi) is 2.24. The van der Waals surface area contributed by atoms with E-state index in [-0.39, 0.29) is 0 Å². The fourth-order valence-electron chi connectivity index (χ4n) is 1.25. The average Bonchev–Trinajstić information content (AvgIpc) is 2.73. The Labute approximate surface area is 86.4 Å². The van der Waals surface area contributed by atoms with Crippen LogP contribution in [0.2, 0.25) is 10.0 Å². The molecule has 2 atom stereocenters. The molecular formula is C9H7Cl3. The molecule has 0 spiro atoms. The third-order valence-electron chi connectivity index (χ3n) is 2.08.